The second kappa shape index (κ2) is 9.28. The van der Waals surface area contributed by atoms with Crippen LogP contribution in [0.25, 0.3) is 0 Å². The van der Waals surface area contributed by atoms with Crippen LogP contribution in [0.4, 0.5) is 0 Å². The zero-order valence-electron chi connectivity index (χ0n) is 7.37. The Balaban J connectivity index is 3.47. The number of nitriles is 2. The molecule has 0 aliphatic rings. The lowest BCUT2D eigenvalue weighted by atomic mass is 10.5. The van der Waals surface area contributed by atoms with Crippen LogP contribution in [-0.4, -0.2) is 43.6 Å². The standard InChI is InChI=1S/C8H12ClN3O/c9-1-7-13-8-6-12(4-2-10)5-3-11/h1,4-8H2. The van der Waals surface area contributed by atoms with Crippen LogP contribution in [0.2, 0.25) is 0 Å². The second-order valence-corrected chi connectivity index (χ2v) is 2.71. The summed E-state index contributed by atoms with van der Waals surface area (Å²) in [5.41, 5.74) is 0. The molecular formula is C8H12ClN3O. The Labute approximate surface area is 83.3 Å². The van der Waals surface area contributed by atoms with Gasteiger partial charge >= 0.3 is 0 Å². The number of rotatable bonds is 7. The van der Waals surface area contributed by atoms with Crippen LogP contribution in [0.1, 0.15) is 0 Å². The van der Waals surface area contributed by atoms with Gasteiger partial charge < -0.3 is 4.74 Å². The maximum absolute atomic E-state index is 8.40. The fourth-order valence-electron chi connectivity index (χ4n) is 0.764. The third kappa shape index (κ3) is 7.55. The van der Waals surface area contributed by atoms with Crippen molar-refractivity contribution in [1.29, 1.82) is 10.5 Å². The van der Waals surface area contributed by atoms with Gasteiger partial charge in [0.15, 0.2) is 0 Å². The average molecular weight is 202 g/mol. The first-order chi connectivity index (χ1) is 6.35. The van der Waals surface area contributed by atoms with Crippen LogP contribution in [0.15, 0.2) is 0 Å². The fourth-order valence-corrected chi connectivity index (χ4v) is 0.873. The van der Waals surface area contributed by atoms with E-state index in [1.807, 2.05) is 12.1 Å². The highest BCUT2D eigenvalue weighted by atomic mass is 35.5. The first-order valence-electron chi connectivity index (χ1n) is 3.95. The lowest BCUT2D eigenvalue weighted by Crippen LogP contribution is -2.28. The Morgan fingerprint density at radius 3 is 2.23 bits per heavy atom. The quantitative estimate of drug-likeness (QED) is 0.344. The zero-order valence-corrected chi connectivity index (χ0v) is 8.13. The molecule has 0 bridgehead atoms. The molecule has 5 heteroatoms. The van der Waals surface area contributed by atoms with Gasteiger partial charge in [0.25, 0.3) is 0 Å². The van der Waals surface area contributed by atoms with E-state index in [-0.39, 0.29) is 13.1 Å². The lowest BCUT2D eigenvalue weighted by Gasteiger charge is -2.14. The van der Waals surface area contributed by atoms with Crippen molar-refractivity contribution in [3.63, 3.8) is 0 Å². The van der Waals surface area contributed by atoms with Crippen LogP contribution >= 0.6 is 11.6 Å². The van der Waals surface area contributed by atoms with E-state index < -0.39 is 0 Å². The van der Waals surface area contributed by atoms with Crippen molar-refractivity contribution in [3.05, 3.63) is 0 Å². The van der Waals surface area contributed by atoms with Crippen LogP contribution in [0, 0.1) is 22.7 Å². The minimum atomic E-state index is 0.262. The molecule has 0 saturated heterocycles. The molecule has 0 fully saturated rings. The van der Waals surface area contributed by atoms with Gasteiger partial charge in [-0.3, -0.25) is 4.90 Å². The third-order valence-corrected chi connectivity index (χ3v) is 1.52. The van der Waals surface area contributed by atoms with Crippen molar-refractivity contribution >= 4 is 11.6 Å². The molecule has 0 saturated carbocycles. The molecule has 0 aromatic carbocycles. The summed E-state index contributed by atoms with van der Waals surface area (Å²) in [7, 11) is 0. The Morgan fingerprint density at radius 2 is 1.77 bits per heavy atom. The van der Waals surface area contributed by atoms with Crippen LogP contribution in [-0.2, 0) is 4.74 Å². The molecule has 0 amide bonds. The molecule has 0 heterocycles. The zero-order chi connectivity index (χ0) is 9.94. The highest BCUT2D eigenvalue weighted by Crippen LogP contribution is 1.87. The summed E-state index contributed by atoms with van der Waals surface area (Å²) in [4.78, 5) is 1.72. The summed E-state index contributed by atoms with van der Waals surface area (Å²) >= 11 is 5.40. The fraction of sp³-hybridized carbons (Fsp3) is 0.750. The summed E-state index contributed by atoms with van der Waals surface area (Å²) in [6.45, 7) is 2.14. The van der Waals surface area contributed by atoms with Crippen molar-refractivity contribution in [2.45, 2.75) is 0 Å². The molecule has 13 heavy (non-hydrogen) atoms. The SMILES string of the molecule is N#CCN(CC#N)CCOCCCl. The molecule has 0 N–H and O–H groups in total. The van der Waals surface area contributed by atoms with Gasteiger partial charge in [-0.15, -0.1) is 11.6 Å². The van der Waals surface area contributed by atoms with E-state index in [2.05, 4.69) is 0 Å². The summed E-state index contributed by atoms with van der Waals surface area (Å²) < 4.78 is 5.11. The molecule has 0 unspecified atom stereocenters. The first-order valence-corrected chi connectivity index (χ1v) is 4.48. The Morgan fingerprint density at radius 1 is 1.15 bits per heavy atom. The minimum absolute atomic E-state index is 0.262. The molecule has 4 nitrogen and oxygen atoms in total. The smallest absolute Gasteiger partial charge is 0.0875 e. The number of ether oxygens (including phenoxy) is 1. The van der Waals surface area contributed by atoms with Gasteiger partial charge in [0, 0.05) is 12.4 Å². The molecule has 0 spiro atoms. The van der Waals surface area contributed by atoms with Gasteiger partial charge in [0.05, 0.1) is 38.4 Å². The minimum Gasteiger partial charge on any atom is -0.379 e. The Kier molecular flexibility index (Phi) is 8.70. The molecule has 0 rings (SSSR count). The summed E-state index contributed by atoms with van der Waals surface area (Å²) in [6, 6.07) is 3.97. The molecule has 0 aromatic heterocycles. The normalized spacial score (nSPS) is 9.54. The molecule has 0 aromatic rings. The van der Waals surface area contributed by atoms with E-state index in [4.69, 9.17) is 26.9 Å². The molecule has 72 valence electrons. The van der Waals surface area contributed by atoms with Gasteiger partial charge in [-0.25, -0.2) is 0 Å². The topological polar surface area (TPSA) is 60.0 Å². The second-order valence-electron chi connectivity index (χ2n) is 2.33. The summed E-state index contributed by atoms with van der Waals surface area (Å²) in [5, 5.41) is 16.8. The first kappa shape index (κ1) is 12.2. The summed E-state index contributed by atoms with van der Waals surface area (Å²) in [6.07, 6.45) is 0. The van der Waals surface area contributed by atoms with Crippen LogP contribution in [0.3, 0.4) is 0 Å². The number of halogens is 1. The van der Waals surface area contributed by atoms with Crippen molar-refractivity contribution in [1.82, 2.24) is 4.90 Å². The Bertz CT molecular complexity index is 181. The maximum atomic E-state index is 8.40. The lowest BCUT2D eigenvalue weighted by molar-refractivity contribution is 0.124. The van der Waals surface area contributed by atoms with Gasteiger partial charge in [0.2, 0.25) is 0 Å². The largest absolute Gasteiger partial charge is 0.379 e. The maximum Gasteiger partial charge on any atom is 0.0875 e. The van der Waals surface area contributed by atoms with Gasteiger partial charge in [-0.1, -0.05) is 0 Å². The predicted molar refractivity (Wildman–Crippen MR) is 49.2 cm³/mol. The van der Waals surface area contributed by atoms with Crippen molar-refractivity contribution in [3.8, 4) is 12.1 Å². The number of nitrogens with zero attached hydrogens (tertiary/aromatic N) is 3. The van der Waals surface area contributed by atoms with E-state index in [1.54, 1.807) is 4.90 Å². The molecule has 0 radical (unpaired) electrons. The molecule has 0 aliphatic carbocycles. The molecule has 0 atom stereocenters. The van der Waals surface area contributed by atoms with Crippen LogP contribution in [0.5, 0.6) is 0 Å². The highest BCUT2D eigenvalue weighted by molar-refractivity contribution is 6.17. The third-order valence-electron chi connectivity index (χ3n) is 1.36. The Hall–Kier alpha value is -0.810. The van der Waals surface area contributed by atoms with Gasteiger partial charge in [-0.05, 0) is 0 Å². The number of hydrogen-bond acceptors (Lipinski definition) is 4. The highest BCUT2D eigenvalue weighted by Gasteiger charge is 2.01. The van der Waals surface area contributed by atoms with Crippen molar-refractivity contribution in [2.75, 3.05) is 38.7 Å². The predicted octanol–water partition coefficient (Wildman–Crippen LogP) is 0.591. The van der Waals surface area contributed by atoms with E-state index in [1.165, 1.54) is 0 Å². The van der Waals surface area contributed by atoms with Gasteiger partial charge in [0.1, 0.15) is 0 Å². The number of hydrogen-bond donors (Lipinski definition) is 0. The average Bonchev–Trinajstić information content (AvgIpc) is 2.13. The van der Waals surface area contributed by atoms with E-state index >= 15 is 0 Å². The monoisotopic (exact) mass is 201 g/mol. The van der Waals surface area contributed by atoms with E-state index in [0.717, 1.165) is 0 Å². The molecule has 0 aliphatic heterocycles. The van der Waals surface area contributed by atoms with Crippen molar-refractivity contribution < 1.29 is 4.74 Å². The molecular weight excluding hydrogens is 190 g/mol. The number of alkyl halides is 1. The van der Waals surface area contributed by atoms with E-state index in [0.29, 0.717) is 25.6 Å². The van der Waals surface area contributed by atoms with E-state index in [9.17, 15) is 0 Å². The van der Waals surface area contributed by atoms with Crippen LogP contribution < -0.4 is 0 Å². The van der Waals surface area contributed by atoms with Gasteiger partial charge in [-0.2, -0.15) is 10.5 Å². The summed E-state index contributed by atoms with van der Waals surface area (Å²) in [5.74, 6) is 0.469. The van der Waals surface area contributed by atoms with Crippen molar-refractivity contribution in [2.24, 2.45) is 0 Å².